The maximum atomic E-state index is 11.9. The SMILES string of the molecule is CCC1(CNC(=O)c2cncc(O)c2)CCCC1. The summed E-state index contributed by atoms with van der Waals surface area (Å²) in [6.45, 7) is 2.91. The molecule has 1 saturated carbocycles. The first-order valence-corrected chi connectivity index (χ1v) is 6.57. The Morgan fingerprint density at radius 2 is 2.17 bits per heavy atom. The fourth-order valence-electron chi connectivity index (χ4n) is 2.70. The highest BCUT2D eigenvalue weighted by atomic mass is 16.3. The Labute approximate surface area is 107 Å². The van der Waals surface area contributed by atoms with Crippen LogP contribution in [0.4, 0.5) is 0 Å². The third kappa shape index (κ3) is 2.81. The average Bonchev–Trinajstić information content (AvgIpc) is 2.85. The van der Waals surface area contributed by atoms with Crippen LogP contribution in [0.15, 0.2) is 18.5 Å². The molecule has 0 aromatic carbocycles. The largest absolute Gasteiger partial charge is 0.506 e. The monoisotopic (exact) mass is 248 g/mol. The molecule has 0 saturated heterocycles. The summed E-state index contributed by atoms with van der Waals surface area (Å²) < 4.78 is 0. The van der Waals surface area contributed by atoms with Crippen LogP contribution >= 0.6 is 0 Å². The topological polar surface area (TPSA) is 62.2 Å². The van der Waals surface area contributed by atoms with Crippen molar-refractivity contribution in [1.29, 1.82) is 0 Å². The van der Waals surface area contributed by atoms with E-state index in [4.69, 9.17) is 0 Å². The van der Waals surface area contributed by atoms with E-state index < -0.39 is 0 Å². The first kappa shape index (κ1) is 12.9. The lowest BCUT2D eigenvalue weighted by Crippen LogP contribution is -2.35. The number of pyridine rings is 1. The molecule has 18 heavy (non-hydrogen) atoms. The first-order valence-electron chi connectivity index (χ1n) is 6.57. The summed E-state index contributed by atoms with van der Waals surface area (Å²) in [6.07, 6.45) is 8.81. The summed E-state index contributed by atoms with van der Waals surface area (Å²) in [4.78, 5) is 15.8. The van der Waals surface area contributed by atoms with Gasteiger partial charge in [-0.1, -0.05) is 19.8 Å². The van der Waals surface area contributed by atoms with Gasteiger partial charge in [-0.15, -0.1) is 0 Å². The molecule has 98 valence electrons. The first-order chi connectivity index (χ1) is 8.65. The van der Waals surface area contributed by atoms with Crippen LogP contribution in [-0.4, -0.2) is 22.5 Å². The number of carbonyl (C=O) groups excluding carboxylic acids is 1. The van der Waals surface area contributed by atoms with E-state index in [2.05, 4.69) is 17.2 Å². The summed E-state index contributed by atoms with van der Waals surface area (Å²) in [5, 5.41) is 12.3. The van der Waals surface area contributed by atoms with E-state index >= 15 is 0 Å². The van der Waals surface area contributed by atoms with Gasteiger partial charge in [0.05, 0.1) is 11.8 Å². The molecule has 1 aliphatic carbocycles. The highest BCUT2D eigenvalue weighted by Crippen LogP contribution is 2.40. The van der Waals surface area contributed by atoms with Gasteiger partial charge in [0.2, 0.25) is 0 Å². The summed E-state index contributed by atoms with van der Waals surface area (Å²) in [6, 6.07) is 1.44. The molecule has 0 radical (unpaired) electrons. The zero-order chi connectivity index (χ0) is 13.0. The molecule has 4 heteroatoms. The minimum atomic E-state index is -0.155. The van der Waals surface area contributed by atoms with Crippen molar-refractivity contribution in [3.8, 4) is 5.75 Å². The van der Waals surface area contributed by atoms with Crippen molar-refractivity contribution < 1.29 is 9.90 Å². The van der Waals surface area contributed by atoms with Crippen LogP contribution in [0.3, 0.4) is 0 Å². The molecule has 0 bridgehead atoms. The molecule has 1 aliphatic rings. The Morgan fingerprint density at radius 1 is 1.44 bits per heavy atom. The standard InChI is InChI=1S/C14H20N2O2/c1-2-14(5-3-4-6-14)10-16-13(18)11-7-12(17)9-15-8-11/h7-9,17H,2-6,10H2,1H3,(H,16,18). The third-order valence-electron chi connectivity index (χ3n) is 4.02. The second-order valence-corrected chi connectivity index (χ2v) is 5.18. The number of nitrogens with one attached hydrogen (secondary N) is 1. The zero-order valence-electron chi connectivity index (χ0n) is 10.8. The summed E-state index contributed by atoms with van der Waals surface area (Å²) >= 11 is 0. The van der Waals surface area contributed by atoms with Gasteiger partial charge in [0, 0.05) is 12.7 Å². The molecule has 1 heterocycles. The normalized spacial score (nSPS) is 17.6. The Bertz CT molecular complexity index is 426. The Hall–Kier alpha value is -1.58. The van der Waals surface area contributed by atoms with Crippen LogP contribution < -0.4 is 5.32 Å². The van der Waals surface area contributed by atoms with Crippen LogP contribution in [0.5, 0.6) is 5.75 Å². The van der Waals surface area contributed by atoms with E-state index in [1.807, 2.05) is 0 Å². The highest BCUT2D eigenvalue weighted by Gasteiger charge is 2.32. The number of hydrogen-bond acceptors (Lipinski definition) is 3. The molecule has 2 rings (SSSR count). The predicted molar refractivity (Wildman–Crippen MR) is 69.4 cm³/mol. The van der Waals surface area contributed by atoms with E-state index in [9.17, 15) is 9.90 Å². The Morgan fingerprint density at radius 3 is 2.78 bits per heavy atom. The lowest BCUT2D eigenvalue weighted by atomic mass is 9.83. The van der Waals surface area contributed by atoms with Gasteiger partial charge in [-0.25, -0.2) is 0 Å². The van der Waals surface area contributed by atoms with E-state index in [1.165, 1.54) is 44.1 Å². The molecule has 1 aromatic heterocycles. The fourth-order valence-corrected chi connectivity index (χ4v) is 2.70. The van der Waals surface area contributed by atoms with Crippen LogP contribution in [0, 0.1) is 5.41 Å². The highest BCUT2D eigenvalue weighted by molar-refractivity contribution is 5.94. The molecular weight excluding hydrogens is 228 g/mol. The second-order valence-electron chi connectivity index (χ2n) is 5.18. The summed E-state index contributed by atoms with van der Waals surface area (Å²) in [7, 11) is 0. The van der Waals surface area contributed by atoms with Crippen molar-refractivity contribution in [2.75, 3.05) is 6.54 Å². The molecule has 0 aliphatic heterocycles. The molecule has 0 spiro atoms. The predicted octanol–water partition coefficient (Wildman–Crippen LogP) is 2.49. The maximum Gasteiger partial charge on any atom is 0.253 e. The van der Waals surface area contributed by atoms with Crippen molar-refractivity contribution in [1.82, 2.24) is 10.3 Å². The van der Waals surface area contributed by atoms with E-state index in [1.54, 1.807) is 0 Å². The molecule has 0 unspecified atom stereocenters. The minimum Gasteiger partial charge on any atom is -0.506 e. The van der Waals surface area contributed by atoms with E-state index in [0.717, 1.165) is 13.0 Å². The lowest BCUT2D eigenvalue weighted by molar-refractivity contribution is 0.0928. The molecule has 1 aromatic rings. The van der Waals surface area contributed by atoms with Gasteiger partial charge in [-0.05, 0) is 30.7 Å². The number of nitrogens with zero attached hydrogens (tertiary/aromatic N) is 1. The second kappa shape index (κ2) is 5.38. The number of rotatable bonds is 4. The Balaban J connectivity index is 1.96. The van der Waals surface area contributed by atoms with E-state index in [0.29, 0.717) is 5.56 Å². The molecule has 1 fully saturated rings. The molecule has 2 N–H and O–H groups in total. The van der Waals surface area contributed by atoms with Gasteiger partial charge >= 0.3 is 0 Å². The van der Waals surface area contributed by atoms with Gasteiger partial charge in [0.15, 0.2) is 0 Å². The smallest absolute Gasteiger partial charge is 0.253 e. The third-order valence-corrected chi connectivity index (χ3v) is 4.02. The quantitative estimate of drug-likeness (QED) is 0.860. The maximum absolute atomic E-state index is 11.9. The number of hydrogen-bond donors (Lipinski definition) is 2. The van der Waals surface area contributed by atoms with Crippen molar-refractivity contribution in [3.63, 3.8) is 0 Å². The van der Waals surface area contributed by atoms with Crippen molar-refractivity contribution in [3.05, 3.63) is 24.0 Å². The van der Waals surface area contributed by atoms with E-state index in [-0.39, 0.29) is 17.1 Å². The zero-order valence-corrected chi connectivity index (χ0v) is 10.8. The van der Waals surface area contributed by atoms with Gasteiger partial charge in [0.25, 0.3) is 5.91 Å². The number of carbonyl (C=O) groups is 1. The number of aromatic hydroxyl groups is 1. The molecule has 0 atom stereocenters. The van der Waals surface area contributed by atoms with Crippen molar-refractivity contribution >= 4 is 5.91 Å². The van der Waals surface area contributed by atoms with Gasteiger partial charge < -0.3 is 10.4 Å². The van der Waals surface area contributed by atoms with Crippen LogP contribution in [0.25, 0.3) is 0 Å². The average molecular weight is 248 g/mol. The molecule has 4 nitrogen and oxygen atoms in total. The van der Waals surface area contributed by atoms with Gasteiger partial charge in [-0.3, -0.25) is 9.78 Å². The number of aromatic nitrogens is 1. The van der Waals surface area contributed by atoms with Gasteiger partial charge in [0.1, 0.15) is 5.75 Å². The van der Waals surface area contributed by atoms with Crippen LogP contribution in [-0.2, 0) is 0 Å². The minimum absolute atomic E-state index is 0.0220. The summed E-state index contributed by atoms with van der Waals surface area (Å²) in [5.41, 5.74) is 0.694. The summed E-state index contributed by atoms with van der Waals surface area (Å²) in [5.74, 6) is -0.133. The Kier molecular flexibility index (Phi) is 3.84. The molecule has 1 amide bonds. The number of amides is 1. The van der Waals surface area contributed by atoms with Crippen molar-refractivity contribution in [2.45, 2.75) is 39.0 Å². The lowest BCUT2D eigenvalue weighted by Gasteiger charge is -2.27. The van der Waals surface area contributed by atoms with Crippen molar-refractivity contribution in [2.24, 2.45) is 5.41 Å². The van der Waals surface area contributed by atoms with Crippen LogP contribution in [0.1, 0.15) is 49.4 Å². The van der Waals surface area contributed by atoms with Gasteiger partial charge in [-0.2, -0.15) is 0 Å². The van der Waals surface area contributed by atoms with Crippen LogP contribution in [0.2, 0.25) is 0 Å². The molecular formula is C14H20N2O2. The fraction of sp³-hybridized carbons (Fsp3) is 0.571.